The molecule has 0 aromatic rings. The predicted octanol–water partition coefficient (Wildman–Crippen LogP) is 1.33. The van der Waals surface area contributed by atoms with Crippen molar-refractivity contribution in [1.82, 2.24) is 0 Å². The van der Waals surface area contributed by atoms with Gasteiger partial charge in [0.25, 0.3) is 0 Å². The molecule has 0 spiro atoms. The molecule has 0 saturated carbocycles. The normalized spacial score (nSPS) is 7.64. The number of rotatable bonds is 4. The SMILES string of the molecule is [CH2-]COCC.[CH2-]COCC.[Mg+2]. The van der Waals surface area contributed by atoms with Crippen LogP contribution in [0.25, 0.3) is 0 Å². The standard InChI is InChI=1S/2C4H9O.Mg/c2*1-3-5-4-2;/h2*1,3-4H2,2H3;/q2*-1;+2. The van der Waals surface area contributed by atoms with Crippen LogP contribution < -0.4 is 0 Å². The summed E-state index contributed by atoms with van der Waals surface area (Å²) >= 11 is 0. The zero-order valence-corrected chi connectivity index (χ0v) is 9.18. The van der Waals surface area contributed by atoms with Crippen molar-refractivity contribution in [3.63, 3.8) is 0 Å². The summed E-state index contributed by atoms with van der Waals surface area (Å²) < 4.78 is 9.44. The first-order valence-electron chi connectivity index (χ1n) is 3.57. The molecule has 0 atom stereocenters. The molecule has 0 rings (SSSR count). The minimum atomic E-state index is 0. The van der Waals surface area contributed by atoms with Gasteiger partial charge in [-0.1, -0.05) is 13.2 Å². The quantitative estimate of drug-likeness (QED) is 0.468. The van der Waals surface area contributed by atoms with Crippen LogP contribution in [0.5, 0.6) is 0 Å². The Bertz CT molecular complexity index is 33.1. The Morgan fingerprint density at radius 1 is 0.909 bits per heavy atom. The maximum atomic E-state index is 4.72. The Labute approximate surface area is 86.8 Å². The Morgan fingerprint density at radius 3 is 1.18 bits per heavy atom. The summed E-state index contributed by atoms with van der Waals surface area (Å²) in [6, 6.07) is 0. The van der Waals surface area contributed by atoms with Crippen molar-refractivity contribution in [3.05, 3.63) is 13.8 Å². The molecule has 11 heavy (non-hydrogen) atoms. The molecule has 0 bridgehead atoms. The van der Waals surface area contributed by atoms with Gasteiger partial charge in [-0.2, -0.15) is 0 Å². The van der Waals surface area contributed by atoms with Crippen LogP contribution in [-0.2, 0) is 9.47 Å². The van der Waals surface area contributed by atoms with Gasteiger partial charge in [-0.25, -0.2) is 0 Å². The van der Waals surface area contributed by atoms with E-state index in [-0.39, 0.29) is 23.1 Å². The molecule has 2 nitrogen and oxygen atoms in total. The van der Waals surface area contributed by atoms with Gasteiger partial charge in [0.2, 0.25) is 0 Å². The van der Waals surface area contributed by atoms with Gasteiger partial charge >= 0.3 is 23.1 Å². The average Bonchev–Trinajstić information content (AvgIpc) is 1.93. The summed E-state index contributed by atoms with van der Waals surface area (Å²) in [7, 11) is 0. The molecule has 0 unspecified atom stereocenters. The van der Waals surface area contributed by atoms with Crippen molar-refractivity contribution < 1.29 is 9.47 Å². The third-order valence-electron chi connectivity index (χ3n) is 0.697. The second-order valence-electron chi connectivity index (χ2n) is 1.39. The van der Waals surface area contributed by atoms with E-state index < -0.39 is 0 Å². The van der Waals surface area contributed by atoms with E-state index in [0.717, 1.165) is 13.2 Å². The van der Waals surface area contributed by atoms with Gasteiger partial charge in [0.1, 0.15) is 0 Å². The predicted molar refractivity (Wildman–Crippen MR) is 49.5 cm³/mol. The van der Waals surface area contributed by atoms with E-state index in [1.54, 1.807) is 0 Å². The fourth-order valence-electron chi connectivity index (χ4n) is 0.289. The summed E-state index contributed by atoms with van der Waals surface area (Å²) in [6.45, 7) is 13.6. The molecular weight excluding hydrogens is 152 g/mol. The van der Waals surface area contributed by atoms with Crippen LogP contribution in [0.2, 0.25) is 0 Å². The number of hydrogen-bond acceptors (Lipinski definition) is 2. The molecular formula is C8H18MgO2. The van der Waals surface area contributed by atoms with E-state index in [9.17, 15) is 0 Å². The van der Waals surface area contributed by atoms with Crippen LogP contribution in [0.4, 0.5) is 0 Å². The monoisotopic (exact) mass is 170 g/mol. The molecule has 0 aromatic heterocycles. The number of hydrogen-bond donors (Lipinski definition) is 0. The molecule has 0 saturated heterocycles. The first kappa shape index (κ1) is 17.7. The van der Waals surface area contributed by atoms with E-state index in [2.05, 4.69) is 13.8 Å². The molecule has 0 aliphatic rings. The third kappa shape index (κ3) is 36.7. The molecule has 3 heteroatoms. The molecule has 0 amide bonds. The van der Waals surface area contributed by atoms with Crippen molar-refractivity contribution in [3.8, 4) is 0 Å². The van der Waals surface area contributed by atoms with Gasteiger partial charge in [0.15, 0.2) is 0 Å². The summed E-state index contributed by atoms with van der Waals surface area (Å²) in [6.07, 6.45) is 0. The molecule has 0 radical (unpaired) electrons. The van der Waals surface area contributed by atoms with E-state index in [4.69, 9.17) is 9.47 Å². The van der Waals surface area contributed by atoms with Gasteiger partial charge in [0, 0.05) is 13.2 Å². The van der Waals surface area contributed by atoms with Gasteiger partial charge in [-0.3, -0.25) is 0 Å². The van der Waals surface area contributed by atoms with Gasteiger partial charge < -0.3 is 23.3 Å². The molecule has 0 aromatic carbocycles. The van der Waals surface area contributed by atoms with Gasteiger partial charge in [0.05, 0.1) is 0 Å². The fraction of sp³-hybridized carbons (Fsp3) is 0.750. The average molecular weight is 171 g/mol. The maximum absolute atomic E-state index is 4.72. The molecule has 0 aliphatic carbocycles. The van der Waals surface area contributed by atoms with E-state index in [1.165, 1.54) is 0 Å². The smallest absolute Gasteiger partial charge is 0.414 e. The minimum Gasteiger partial charge on any atom is -0.414 e. The molecule has 0 heterocycles. The van der Waals surface area contributed by atoms with Crippen molar-refractivity contribution in [2.24, 2.45) is 0 Å². The second kappa shape index (κ2) is 22.4. The van der Waals surface area contributed by atoms with Crippen molar-refractivity contribution in [2.45, 2.75) is 13.8 Å². The van der Waals surface area contributed by atoms with Gasteiger partial charge in [-0.05, 0) is 13.8 Å². The van der Waals surface area contributed by atoms with Crippen LogP contribution in [0.3, 0.4) is 0 Å². The summed E-state index contributed by atoms with van der Waals surface area (Å²) in [5.74, 6) is 0. The van der Waals surface area contributed by atoms with Crippen LogP contribution in [0.1, 0.15) is 13.8 Å². The summed E-state index contributed by atoms with van der Waals surface area (Å²) in [4.78, 5) is 0. The largest absolute Gasteiger partial charge is 2.00 e. The maximum Gasteiger partial charge on any atom is 2.00 e. The number of ether oxygens (including phenoxy) is 2. The third-order valence-corrected chi connectivity index (χ3v) is 0.697. The molecule has 0 fully saturated rings. The minimum absolute atomic E-state index is 0. The van der Waals surface area contributed by atoms with Gasteiger partial charge in [-0.15, -0.1) is 0 Å². The fourth-order valence-corrected chi connectivity index (χ4v) is 0.289. The van der Waals surface area contributed by atoms with Crippen LogP contribution in [0.15, 0.2) is 0 Å². The van der Waals surface area contributed by atoms with Crippen molar-refractivity contribution in [2.75, 3.05) is 26.4 Å². The summed E-state index contributed by atoms with van der Waals surface area (Å²) in [5, 5.41) is 0. The molecule has 0 aliphatic heterocycles. The van der Waals surface area contributed by atoms with Crippen molar-refractivity contribution in [1.29, 1.82) is 0 Å². The Hall–Kier alpha value is 0.686. The van der Waals surface area contributed by atoms with E-state index >= 15 is 0 Å². The molecule has 0 N–H and O–H groups in total. The zero-order valence-electron chi connectivity index (χ0n) is 7.77. The first-order valence-corrected chi connectivity index (χ1v) is 3.57. The zero-order chi connectivity index (χ0) is 8.24. The Balaban J connectivity index is -0.000000107. The summed E-state index contributed by atoms with van der Waals surface area (Å²) in [5.41, 5.74) is 0. The Kier molecular flexibility index (Phi) is 36.1. The second-order valence-corrected chi connectivity index (χ2v) is 1.39. The van der Waals surface area contributed by atoms with Crippen LogP contribution in [-0.4, -0.2) is 49.5 Å². The van der Waals surface area contributed by atoms with Crippen LogP contribution >= 0.6 is 0 Å². The Morgan fingerprint density at radius 2 is 1.18 bits per heavy atom. The van der Waals surface area contributed by atoms with E-state index in [0.29, 0.717) is 13.2 Å². The van der Waals surface area contributed by atoms with Crippen molar-refractivity contribution >= 4 is 23.1 Å². The van der Waals surface area contributed by atoms with Crippen LogP contribution in [0, 0.1) is 13.8 Å². The topological polar surface area (TPSA) is 18.5 Å². The first-order chi connectivity index (χ1) is 4.83. The van der Waals surface area contributed by atoms with E-state index in [1.807, 2.05) is 13.8 Å². The molecule has 64 valence electrons.